The van der Waals surface area contributed by atoms with Crippen LogP contribution in [0.2, 0.25) is 0 Å². The molecule has 1 aromatic carbocycles. The Balaban J connectivity index is 1.85. The molecule has 0 bridgehead atoms. The number of hydrogen-bond acceptors (Lipinski definition) is 4. The lowest BCUT2D eigenvalue weighted by atomic mass is 10.1. The molecule has 1 saturated carbocycles. The van der Waals surface area contributed by atoms with E-state index in [-0.39, 0.29) is 6.04 Å². The molecule has 2 aromatic rings. The van der Waals surface area contributed by atoms with Gasteiger partial charge in [0.25, 0.3) is 0 Å². The number of benzene rings is 1. The van der Waals surface area contributed by atoms with E-state index in [2.05, 4.69) is 29.2 Å². The number of rotatable bonds is 2. The van der Waals surface area contributed by atoms with Crippen LogP contribution in [0.3, 0.4) is 0 Å². The first-order valence-electron chi connectivity index (χ1n) is 6.38. The summed E-state index contributed by atoms with van der Waals surface area (Å²) in [5.74, 6) is 1.75. The van der Waals surface area contributed by atoms with E-state index in [1.54, 1.807) is 0 Å². The van der Waals surface area contributed by atoms with Crippen LogP contribution in [0.25, 0.3) is 11.4 Å². The molecule has 18 heavy (non-hydrogen) atoms. The van der Waals surface area contributed by atoms with Crippen LogP contribution in [-0.2, 0) is 0 Å². The number of hydrogen-bond donors (Lipinski definition) is 1. The second-order valence-corrected chi connectivity index (χ2v) is 5.10. The molecule has 1 heterocycles. The van der Waals surface area contributed by atoms with Crippen molar-refractivity contribution in [3.63, 3.8) is 0 Å². The van der Waals surface area contributed by atoms with Gasteiger partial charge in [-0.25, -0.2) is 0 Å². The van der Waals surface area contributed by atoms with Gasteiger partial charge >= 0.3 is 0 Å². The van der Waals surface area contributed by atoms with Crippen molar-refractivity contribution < 1.29 is 4.52 Å². The third kappa shape index (κ3) is 2.16. The van der Waals surface area contributed by atoms with Crippen molar-refractivity contribution in [2.45, 2.75) is 38.1 Å². The van der Waals surface area contributed by atoms with Gasteiger partial charge in [0.1, 0.15) is 0 Å². The highest BCUT2D eigenvalue weighted by Gasteiger charge is 2.27. The first-order valence-corrected chi connectivity index (χ1v) is 6.38. The maximum absolute atomic E-state index is 5.91. The Morgan fingerprint density at radius 3 is 2.94 bits per heavy atom. The smallest absolute Gasteiger partial charge is 0.230 e. The van der Waals surface area contributed by atoms with Crippen LogP contribution in [0.4, 0.5) is 0 Å². The molecule has 1 aliphatic rings. The Hall–Kier alpha value is -1.68. The summed E-state index contributed by atoms with van der Waals surface area (Å²) in [7, 11) is 0. The van der Waals surface area contributed by atoms with Gasteiger partial charge in [0.15, 0.2) is 0 Å². The molecule has 0 aliphatic heterocycles. The molecule has 3 rings (SSSR count). The van der Waals surface area contributed by atoms with Gasteiger partial charge in [-0.1, -0.05) is 28.9 Å². The minimum Gasteiger partial charge on any atom is -0.339 e. The number of nitrogens with zero attached hydrogens (tertiary/aromatic N) is 2. The Labute approximate surface area is 106 Å². The van der Waals surface area contributed by atoms with Crippen molar-refractivity contribution in [2.24, 2.45) is 5.73 Å². The monoisotopic (exact) mass is 243 g/mol. The third-order valence-electron chi connectivity index (χ3n) is 3.54. The molecule has 4 heteroatoms. The average molecular weight is 243 g/mol. The predicted octanol–water partition coefficient (Wildman–Crippen LogP) is 2.64. The fourth-order valence-electron chi connectivity index (χ4n) is 2.54. The van der Waals surface area contributed by atoms with Gasteiger partial charge in [-0.3, -0.25) is 0 Å². The van der Waals surface area contributed by atoms with Crippen molar-refractivity contribution in [1.29, 1.82) is 0 Å². The molecule has 94 valence electrons. The fraction of sp³-hybridized carbons (Fsp3) is 0.429. The summed E-state index contributed by atoms with van der Waals surface area (Å²) in [6, 6.07) is 8.41. The minimum atomic E-state index is 0.282. The summed E-state index contributed by atoms with van der Waals surface area (Å²) in [5, 5.41) is 4.07. The summed E-state index contributed by atoms with van der Waals surface area (Å²) in [5.41, 5.74) is 8.11. The molecule has 0 saturated heterocycles. The highest BCUT2D eigenvalue weighted by molar-refractivity contribution is 5.55. The van der Waals surface area contributed by atoms with E-state index >= 15 is 0 Å². The molecular weight excluding hydrogens is 226 g/mol. The van der Waals surface area contributed by atoms with E-state index in [0.717, 1.165) is 30.7 Å². The number of nitrogens with two attached hydrogens (primary N) is 1. The first kappa shape index (κ1) is 11.4. The molecule has 0 spiro atoms. The molecule has 2 N–H and O–H groups in total. The minimum absolute atomic E-state index is 0.282. The van der Waals surface area contributed by atoms with E-state index in [9.17, 15) is 0 Å². The highest BCUT2D eigenvalue weighted by atomic mass is 16.5. The molecule has 0 amide bonds. The fourth-order valence-corrected chi connectivity index (χ4v) is 2.54. The summed E-state index contributed by atoms with van der Waals surface area (Å²) in [6.45, 7) is 2.06. The molecule has 1 aromatic heterocycles. The van der Waals surface area contributed by atoms with Crippen LogP contribution in [0.1, 0.15) is 36.6 Å². The zero-order chi connectivity index (χ0) is 12.5. The zero-order valence-electron chi connectivity index (χ0n) is 10.5. The SMILES string of the molecule is Cc1cccc(-c2noc([C@@H]3CC[C@H](N)C3)n2)c1. The average Bonchev–Trinajstić information content (AvgIpc) is 2.97. The quantitative estimate of drug-likeness (QED) is 0.880. The molecule has 2 atom stereocenters. The van der Waals surface area contributed by atoms with Gasteiger partial charge in [-0.2, -0.15) is 4.98 Å². The van der Waals surface area contributed by atoms with Gasteiger partial charge in [-0.15, -0.1) is 0 Å². The molecular formula is C14H17N3O. The predicted molar refractivity (Wildman–Crippen MR) is 69.0 cm³/mol. The normalized spacial score (nSPS) is 23.4. The van der Waals surface area contributed by atoms with Crippen molar-refractivity contribution in [2.75, 3.05) is 0 Å². The molecule has 0 unspecified atom stereocenters. The van der Waals surface area contributed by atoms with Crippen LogP contribution >= 0.6 is 0 Å². The Bertz CT molecular complexity index is 549. The van der Waals surface area contributed by atoms with E-state index in [4.69, 9.17) is 10.3 Å². The van der Waals surface area contributed by atoms with Crippen LogP contribution in [0, 0.1) is 6.92 Å². The van der Waals surface area contributed by atoms with E-state index in [0.29, 0.717) is 11.7 Å². The lowest BCUT2D eigenvalue weighted by Crippen LogP contribution is -2.14. The van der Waals surface area contributed by atoms with E-state index in [1.807, 2.05) is 12.1 Å². The van der Waals surface area contributed by atoms with Crippen LogP contribution in [0.15, 0.2) is 28.8 Å². The third-order valence-corrected chi connectivity index (χ3v) is 3.54. The lowest BCUT2D eigenvalue weighted by Gasteiger charge is -2.01. The maximum Gasteiger partial charge on any atom is 0.230 e. The standard InChI is InChI=1S/C14H17N3O/c1-9-3-2-4-10(7-9)13-16-14(18-17-13)11-5-6-12(15)8-11/h2-4,7,11-12H,5-6,8,15H2,1H3/t11-,12+/m1/s1. The van der Waals surface area contributed by atoms with Gasteiger partial charge < -0.3 is 10.3 Å². The highest BCUT2D eigenvalue weighted by Crippen LogP contribution is 2.33. The van der Waals surface area contributed by atoms with Crippen LogP contribution in [0.5, 0.6) is 0 Å². The molecule has 1 fully saturated rings. The molecule has 1 aliphatic carbocycles. The van der Waals surface area contributed by atoms with Crippen molar-refractivity contribution in [3.8, 4) is 11.4 Å². The van der Waals surface area contributed by atoms with E-state index in [1.165, 1.54) is 5.56 Å². The number of aryl methyl sites for hydroxylation is 1. The molecule has 0 radical (unpaired) electrons. The maximum atomic E-state index is 5.91. The topological polar surface area (TPSA) is 64.9 Å². The lowest BCUT2D eigenvalue weighted by molar-refractivity contribution is 0.353. The Morgan fingerprint density at radius 1 is 1.33 bits per heavy atom. The second kappa shape index (κ2) is 4.53. The number of aromatic nitrogens is 2. The summed E-state index contributed by atoms with van der Waals surface area (Å²) in [6.07, 6.45) is 3.05. The van der Waals surface area contributed by atoms with Crippen LogP contribution in [-0.4, -0.2) is 16.2 Å². The Morgan fingerprint density at radius 2 is 2.22 bits per heavy atom. The van der Waals surface area contributed by atoms with Crippen molar-refractivity contribution in [3.05, 3.63) is 35.7 Å². The second-order valence-electron chi connectivity index (χ2n) is 5.10. The largest absolute Gasteiger partial charge is 0.339 e. The zero-order valence-corrected chi connectivity index (χ0v) is 10.5. The van der Waals surface area contributed by atoms with Crippen molar-refractivity contribution >= 4 is 0 Å². The van der Waals surface area contributed by atoms with Gasteiger partial charge in [0.05, 0.1) is 0 Å². The Kier molecular flexibility index (Phi) is 2.88. The summed E-state index contributed by atoms with van der Waals surface area (Å²) in [4.78, 5) is 4.50. The first-order chi connectivity index (χ1) is 8.72. The van der Waals surface area contributed by atoms with Gasteiger partial charge in [0, 0.05) is 17.5 Å². The van der Waals surface area contributed by atoms with Gasteiger partial charge in [-0.05, 0) is 32.3 Å². The molecule has 4 nitrogen and oxygen atoms in total. The van der Waals surface area contributed by atoms with Crippen LogP contribution < -0.4 is 5.73 Å². The van der Waals surface area contributed by atoms with Crippen molar-refractivity contribution in [1.82, 2.24) is 10.1 Å². The summed E-state index contributed by atoms with van der Waals surface area (Å²) >= 11 is 0. The van der Waals surface area contributed by atoms with E-state index < -0.39 is 0 Å². The van der Waals surface area contributed by atoms with Gasteiger partial charge in [0.2, 0.25) is 11.7 Å². The summed E-state index contributed by atoms with van der Waals surface area (Å²) < 4.78 is 5.37.